The molecule has 0 aromatic carbocycles. The fourth-order valence-corrected chi connectivity index (χ4v) is 10.1. The number of hydrogen-bond acceptors (Lipinski definition) is 6. The zero-order valence-corrected chi connectivity index (χ0v) is 51.5. The lowest BCUT2D eigenvalue weighted by atomic mass is 10.0. The highest BCUT2D eigenvalue weighted by molar-refractivity contribution is 5.72. The van der Waals surface area contributed by atoms with Gasteiger partial charge in [0.1, 0.15) is 13.2 Å². The van der Waals surface area contributed by atoms with Crippen LogP contribution in [-0.4, -0.2) is 37.2 Å². The number of carbonyl (C=O) groups is 3. The van der Waals surface area contributed by atoms with Crippen LogP contribution < -0.4 is 0 Å². The Morgan fingerprint density at radius 2 is 0.506 bits per heavy atom. The van der Waals surface area contributed by atoms with E-state index in [2.05, 4.69) is 69.4 Å². The molecule has 0 aromatic heterocycles. The molecule has 0 aliphatic carbocycles. The second kappa shape index (κ2) is 65.6. The minimum atomic E-state index is -0.812. The molecule has 1 atom stereocenters. The van der Waals surface area contributed by atoms with E-state index in [0.29, 0.717) is 12.8 Å². The molecule has 1 unspecified atom stereocenters. The first-order valence-corrected chi connectivity index (χ1v) is 33.8. The van der Waals surface area contributed by atoms with Crippen molar-refractivity contribution in [3.8, 4) is 0 Å². The topological polar surface area (TPSA) is 78.9 Å². The molecular formula is C71H128O6. The van der Waals surface area contributed by atoms with Gasteiger partial charge in [-0.3, -0.25) is 14.4 Å². The summed E-state index contributed by atoms with van der Waals surface area (Å²) >= 11 is 0. The summed E-state index contributed by atoms with van der Waals surface area (Å²) in [7, 11) is 0. The summed E-state index contributed by atoms with van der Waals surface area (Å²) in [6.45, 7) is 6.50. The quantitative estimate of drug-likeness (QED) is 0.0261. The van der Waals surface area contributed by atoms with Gasteiger partial charge in [0.15, 0.2) is 6.10 Å². The van der Waals surface area contributed by atoms with Crippen LogP contribution in [0.3, 0.4) is 0 Å². The van der Waals surface area contributed by atoms with E-state index in [1.165, 1.54) is 244 Å². The third-order valence-electron chi connectivity index (χ3n) is 15.1. The zero-order valence-electron chi connectivity index (χ0n) is 51.5. The second-order valence-electron chi connectivity index (χ2n) is 22.7. The maximum atomic E-state index is 12.9. The van der Waals surface area contributed by atoms with Crippen LogP contribution in [0.5, 0.6) is 0 Å². The van der Waals surface area contributed by atoms with Crippen molar-refractivity contribution >= 4 is 17.9 Å². The predicted molar refractivity (Wildman–Crippen MR) is 335 cm³/mol. The van der Waals surface area contributed by atoms with Gasteiger partial charge in [0.25, 0.3) is 0 Å². The van der Waals surface area contributed by atoms with Crippen molar-refractivity contribution in [1.29, 1.82) is 0 Å². The number of esters is 3. The Morgan fingerprint density at radius 3 is 0.792 bits per heavy atom. The van der Waals surface area contributed by atoms with E-state index < -0.39 is 12.1 Å². The minimum Gasteiger partial charge on any atom is -0.462 e. The number of ether oxygens (including phenoxy) is 3. The summed E-state index contributed by atoms with van der Waals surface area (Å²) in [6.07, 6.45) is 84.3. The SMILES string of the molecule is CC/C=C\C/C=C\C/C=C\C/C=C\C/C=C\CC(=O)OCC(COC(=O)CCCCCCCCCCCCCCCCCCCCCCCCCCCCCC)OC(=O)CCCCCCCCCCCCCCCCCC. The van der Waals surface area contributed by atoms with E-state index in [9.17, 15) is 14.4 Å². The molecule has 0 rings (SSSR count). The van der Waals surface area contributed by atoms with Crippen LogP contribution >= 0.6 is 0 Å². The van der Waals surface area contributed by atoms with Gasteiger partial charge in [-0.1, -0.05) is 351 Å². The molecule has 448 valence electrons. The fourth-order valence-electron chi connectivity index (χ4n) is 10.1. The van der Waals surface area contributed by atoms with Crippen molar-refractivity contribution in [1.82, 2.24) is 0 Å². The number of unbranched alkanes of at least 4 members (excludes halogenated alkanes) is 42. The summed E-state index contributed by atoms with van der Waals surface area (Å²) < 4.78 is 16.8. The van der Waals surface area contributed by atoms with Crippen LogP contribution in [-0.2, 0) is 28.6 Å². The summed E-state index contributed by atoms with van der Waals surface area (Å²) in [5, 5.41) is 0. The van der Waals surface area contributed by atoms with E-state index in [4.69, 9.17) is 14.2 Å². The molecule has 0 heterocycles. The highest BCUT2D eigenvalue weighted by Gasteiger charge is 2.19. The first-order valence-electron chi connectivity index (χ1n) is 33.8. The van der Waals surface area contributed by atoms with Crippen molar-refractivity contribution in [3.05, 3.63) is 60.8 Å². The van der Waals surface area contributed by atoms with Crippen molar-refractivity contribution in [2.75, 3.05) is 13.2 Å². The monoisotopic (exact) mass is 1080 g/mol. The fraction of sp³-hybridized carbons (Fsp3) is 0.817. The van der Waals surface area contributed by atoms with Crippen LogP contribution in [0.25, 0.3) is 0 Å². The van der Waals surface area contributed by atoms with E-state index in [-0.39, 0.29) is 31.6 Å². The van der Waals surface area contributed by atoms with Gasteiger partial charge in [-0.05, 0) is 44.9 Å². The largest absolute Gasteiger partial charge is 0.462 e. The molecular weight excluding hydrogens is 949 g/mol. The minimum absolute atomic E-state index is 0.0992. The van der Waals surface area contributed by atoms with Gasteiger partial charge in [-0.2, -0.15) is 0 Å². The van der Waals surface area contributed by atoms with Crippen molar-refractivity contribution in [2.45, 2.75) is 361 Å². The lowest BCUT2D eigenvalue weighted by molar-refractivity contribution is -0.166. The normalized spacial score (nSPS) is 12.4. The van der Waals surface area contributed by atoms with Gasteiger partial charge in [-0.25, -0.2) is 0 Å². The van der Waals surface area contributed by atoms with Gasteiger partial charge >= 0.3 is 17.9 Å². The Kier molecular flexibility index (Phi) is 63.2. The molecule has 77 heavy (non-hydrogen) atoms. The van der Waals surface area contributed by atoms with Crippen LogP contribution in [0, 0.1) is 0 Å². The van der Waals surface area contributed by atoms with Gasteiger partial charge in [0, 0.05) is 12.8 Å². The molecule has 0 saturated heterocycles. The van der Waals surface area contributed by atoms with Gasteiger partial charge in [-0.15, -0.1) is 0 Å². The van der Waals surface area contributed by atoms with Crippen LogP contribution in [0.1, 0.15) is 355 Å². The summed E-state index contributed by atoms with van der Waals surface area (Å²) in [6, 6.07) is 0. The van der Waals surface area contributed by atoms with Crippen molar-refractivity contribution in [3.63, 3.8) is 0 Å². The Hall–Kier alpha value is -2.89. The molecule has 6 heteroatoms. The van der Waals surface area contributed by atoms with Crippen molar-refractivity contribution in [2.24, 2.45) is 0 Å². The predicted octanol–water partition coefficient (Wildman–Crippen LogP) is 23.1. The summed E-state index contributed by atoms with van der Waals surface area (Å²) in [5.41, 5.74) is 0. The van der Waals surface area contributed by atoms with E-state index >= 15 is 0 Å². The second-order valence-corrected chi connectivity index (χ2v) is 22.7. The average molecular weight is 1080 g/mol. The molecule has 6 nitrogen and oxygen atoms in total. The molecule has 0 radical (unpaired) electrons. The average Bonchev–Trinajstić information content (AvgIpc) is 3.43. The van der Waals surface area contributed by atoms with Gasteiger partial charge in [0.2, 0.25) is 0 Å². The molecule has 0 N–H and O–H groups in total. The first-order chi connectivity index (χ1) is 38.0. The Morgan fingerprint density at radius 1 is 0.273 bits per heavy atom. The Bertz CT molecular complexity index is 1380. The van der Waals surface area contributed by atoms with Crippen LogP contribution in [0.2, 0.25) is 0 Å². The summed E-state index contributed by atoms with van der Waals surface area (Å²) in [5.74, 6) is -1.01. The van der Waals surface area contributed by atoms with E-state index in [1.54, 1.807) is 0 Å². The highest BCUT2D eigenvalue weighted by Crippen LogP contribution is 2.18. The molecule has 0 spiro atoms. The Balaban J connectivity index is 4.26. The number of carbonyl (C=O) groups excluding carboxylic acids is 3. The third-order valence-corrected chi connectivity index (χ3v) is 15.1. The lowest BCUT2D eigenvalue weighted by Crippen LogP contribution is -2.30. The first kappa shape index (κ1) is 74.1. The van der Waals surface area contributed by atoms with Crippen LogP contribution in [0.4, 0.5) is 0 Å². The van der Waals surface area contributed by atoms with Gasteiger partial charge in [0.05, 0.1) is 6.42 Å². The Labute approximate surface area is 479 Å². The number of hydrogen-bond donors (Lipinski definition) is 0. The van der Waals surface area contributed by atoms with Crippen molar-refractivity contribution < 1.29 is 28.6 Å². The standard InChI is InChI=1S/C71H128O6/c1-4-7-10-13-16-19-22-25-28-30-31-32-33-34-35-36-37-38-39-40-41-44-46-49-52-55-58-61-64-70(73)76-67-68(66-75-69(72)63-60-57-54-51-48-45-42-27-24-21-18-15-12-9-6-3)77-71(74)65-62-59-56-53-50-47-43-29-26-23-20-17-14-11-8-5-2/h9,12,18,21,27,42,48,51,57,60,68H,4-8,10-11,13-17,19-20,22-26,28-41,43-47,49-50,52-56,58-59,61-67H2,1-3H3/b12-9-,21-18-,42-27-,51-48-,60-57-. The van der Waals surface area contributed by atoms with Crippen LogP contribution in [0.15, 0.2) is 60.8 Å². The highest BCUT2D eigenvalue weighted by atomic mass is 16.6. The third kappa shape index (κ3) is 63.8. The number of rotatable bonds is 62. The molecule has 0 fully saturated rings. The maximum Gasteiger partial charge on any atom is 0.309 e. The molecule has 0 aliphatic rings. The maximum absolute atomic E-state index is 12.9. The smallest absolute Gasteiger partial charge is 0.309 e. The molecule has 0 amide bonds. The lowest BCUT2D eigenvalue weighted by Gasteiger charge is -2.18. The summed E-state index contributed by atoms with van der Waals surface area (Å²) in [4.78, 5) is 38.3. The van der Waals surface area contributed by atoms with E-state index in [1.807, 2.05) is 12.2 Å². The molecule has 0 saturated carbocycles. The van der Waals surface area contributed by atoms with E-state index in [0.717, 1.165) is 70.6 Å². The molecule has 0 aromatic rings. The zero-order chi connectivity index (χ0) is 55.7. The molecule has 0 aliphatic heterocycles. The number of allylic oxidation sites excluding steroid dienone is 9. The molecule has 0 bridgehead atoms. The van der Waals surface area contributed by atoms with Gasteiger partial charge < -0.3 is 14.2 Å².